The van der Waals surface area contributed by atoms with E-state index in [0.29, 0.717) is 5.15 Å². The third kappa shape index (κ3) is 2.84. The van der Waals surface area contributed by atoms with Crippen molar-refractivity contribution in [3.05, 3.63) is 17.0 Å². The lowest BCUT2D eigenvalue weighted by molar-refractivity contribution is 0.828. The summed E-state index contributed by atoms with van der Waals surface area (Å²) in [5.74, 6) is 1.68. The van der Waals surface area contributed by atoms with Crippen LogP contribution in [0.15, 0.2) is 6.07 Å². The molecule has 1 heterocycles. The quantitative estimate of drug-likeness (QED) is 0.699. The van der Waals surface area contributed by atoms with Crippen molar-refractivity contribution in [3.8, 4) is 0 Å². The standard InChI is InChI=1S/C9H14ClN3/c1-4-5-8-11-7(10)6-9(12-8)13(2)3/h6H,4-5H2,1-3H3. The van der Waals surface area contributed by atoms with Crippen LogP contribution in [-0.4, -0.2) is 24.1 Å². The van der Waals surface area contributed by atoms with Gasteiger partial charge in [-0.2, -0.15) is 0 Å². The summed E-state index contributed by atoms with van der Waals surface area (Å²) in [6.07, 6.45) is 1.91. The first-order valence-corrected chi connectivity index (χ1v) is 4.72. The Morgan fingerprint density at radius 3 is 2.62 bits per heavy atom. The minimum Gasteiger partial charge on any atom is -0.363 e. The second-order valence-corrected chi connectivity index (χ2v) is 3.50. The van der Waals surface area contributed by atoms with Crippen molar-refractivity contribution >= 4 is 17.4 Å². The van der Waals surface area contributed by atoms with Gasteiger partial charge in [-0.3, -0.25) is 0 Å². The van der Waals surface area contributed by atoms with Gasteiger partial charge in [0.2, 0.25) is 0 Å². The van der Waals surface area contributed by atoms with Crippen molar-refractivity contribution in [1.82, 2.24) is 9.97 Å². The molecule has 0 fully saturated rings. The molecule has 0 aliphatic carbocycles. The predicted molar refractivity (Wildman–Crippen MR) is 55.4 cm³/mol. The third-order valence-electron chi connectivity index (χ3n) is 1.66. The summed E-state index contributed by atoms with van der Waals surface area (Å²) < 4.78 is 0. The molecule has 0 N–H and O–H groups in total. The van der Waals surface area contributed by atoms with Crippen molar-refractivity contribution in [2.45, 2.75) is 19.8 Å². The molecule has 0 aliphatic heterocycles. The smallest absolute Gasteiger partial charge is 0.134 e. The molecule has 0 aliphatic rings. The molecule has 1 rings (SSSR count). The number of anilines is 1. The molecule has 0 aromatic carbocycles. The van der Waals surface area contributed by atoms with E-state index in [1.165, 1.54) is 0 Å². The maximum atomic E-state index is 5.85. The summed E-state index contributed by atoms with van der Waals surface area (Å²) in [5, 5.41) is 0.516. The van der Waals surface area contributed by atoms with E-state index in [4.69, 9.17) is 11.6 Å². The normalized spacial score (nSPS) is 10.2. The van der Waals surface area contributed by atoms with E-state index in [0.717, 1.165) is 24.5 Å². The highest BCUT2D eigenvalue weighted by Gasteiger charge is 2.03. The predicted octanol–water partition coefficient (Wildman–Crippen LogP) is 2.15. The third-order valence-corrected chi connectivity index (χ3v) is 1.85. The zero-order valence-corrected chi connectivity index (χ0v) is 8.97. The molecule has 0 unspecified atom stereocenters. The van der Waals surface area contributed by atoms with Gasteiger partial charge in [0.25, 0.3) is 0 Å². The lowest BCUT2D eigenvalue weighted by Gasteiger charge is -2.12. The van der Waals surface area contributed by atoms with Gasteiger partial charge in [0.15, 0.2) is 0 Å². The number of nitrogens with zero attached hydrogens (tertiary/aromatic N) is 3. The van der Waals surface area contributed by atoms with E-state index in [1.54, 1.807) is 6.07 Å². The summed E-state index contributed by atoms with van der Waals surface area (Å²) >= 11 is 5.85. The van der Waals surface area contributed by atoms with Gasteiger partial charge >= 0.3 is 0 Å². The minimum atomic E-state index is 0.516. The van der Waals surface area contributed by atoms with Crippen molar-refractivity contribution in [2.75, 3.05) is 19.0 Å². The Labute approximate surface area is 83.8 Å². The second kappa shape index (κ2) is 4.42. The Morgan fingerprint density at radius 1 is 1.38 bits per heavy atom. The highest BCUT2D eigenvalue weighted by Crippen LogP contribution is 2.14. The SMILES string of the molecule is CCCc1nc(Cl)cc(N(C)C)n1. The van der Waals surface area contributed by atoms with E-state index in [-0.39, 0.29) is 0 Å². The van der Waals surface area contributed by atoms with Crippen LogP contribution >= 0.6 is 11.6 Å². The van der Waals surface area contributed by atoms with Crippen LogP contribution in [0, 0.1) is 0 Å². The fourth-order valence-electron chi connectivity index (χ4n) is 1.02. The molecule has 72 valence electrons. The average Bonchev–Trinajstić information content (AvgIpc) is 2.03. The van der Waals surface area contributed by atoms with Crippen LogP contribution in [-0.2, 0) is 6.42 Å². The molecule has 1 aromatic heterocycles. The summed E-state index contributed by atoms with van der Waals surface area (Å²) in [4.78, 5) is 10.4. The van der Waals surface area contributed by atoms with E-state index < -0.39 is 0 Å². The summed E-state index contributed by atoms with van der Waals surface area (Å²) in [6.45, 7) is 2.10. The van der Waals surface area contributed by atoms with Crippen molar-refractivity contribution < 1.29 is 0 Å². The highest BCUT2D eigenvalue weighted by molar-refractivity contribution is 6.29. The molecule has 0 amide bonds. The lowest BCUT2D eigenvalue weighted by Crippen LogP contribution is -2.12. The number of halogens is 1. The molecule has 13 heavy (non-hydrogen) atoms. The molecular weight excluding hydrogens is 186 g/mol. The number of hydrogen-bond donors (Lipinski definition) is 0. The Kier molecular flexibility index (Phi) is 3.48. The van der Waals surface area contributed by atoms with Gasteiger partial charge in [0, 0.05) is 26.6 Å². The Balaban J connectivity index is 2.96. The number of hydrogen-bond acceptors (Lipinski definition) is 3. The van der Waals surface area contributed by atoms with Gasteiger partial charge in [-0.05, 0) is 6.42 Å². The van der Waals surface area contributed by atoms with Crippen LogP contribution in [0.5, 0.6) is 0 Å². The van der Waals surface area contributed by atoms with Gasteiger partial charge in [-0.15, -0.1) is 0 Å². The van der Waals surface area contributed by atoms with Gasteiger partial charge in [-0.1, -0.05) is 18.5 Å². The number of aromatic nitrogens is 2. The molecule has 0 atom stereocenters. The Bertz CT molecular complexity index is 286. The van der Waals surface area contributed by atoms with E-state index in [2.05, 4.69) is 16.9 Å². The van der Waals surface area contributed by atoms with Gasteiger partial charge < -0.3 is 4.90 Å². The second-order valence-electron chi connectivity index (χ2n) is 3.11. The van der Waals surface area contributed by atoms with Crippen LogP contribution in [0.1, 0.15) is 19.2 Å². The van der Waals surface area contributed by atoms with Crippen LogP contribution in [0.2, 0.25) is 5.15 Å². The summed E-state index contributed by atoms with van der Waals surface area (Å²) in [7, 11) is 3.88. The Morgan fingerprint density at radius 2 is 2.08 bits per heavy atom. The zero-order valence-electron chi connectivity index (χ0n) is 8.21. The van der Waals surface area contributed by atoms with Crippen LogP contribution in [0.4, 0.5) is 5.82 Å². The van der Waals surface area contributed by atoms with Crippen molar-refractivity contribution in [2.24, 2.45) is 0 Å². The molecule has 0 saturated carbocycles. The number of aryl methyl sites for hydroxylation is 1. The fourth-order valence-corrected chi connectivity index (χ4v) is 1.21. The number of rotatable bonds is 3. The minimum absolute atomic E-state index is 0.516. The largest absolute Gasteiger partial charge is 0.363 e. The molecule has 4 heteroatoms. The van der Waals surface area contributed by atoms with Gasteiger partial charge in [0.05, 0.1) is 0 Å². The molecule has 1 aromatic rings. The van der Waals surface area contributed by atoms with Crippen LogP contribution in [0.25, 0.3) is 0 Å². The first-order valence-electron chi connectivity index (χ1n) is 4.34. The average molecular weight is 200 g/mol. The van der Waals surface area contributed by atoms with Gasteiger partial charge in [0.1, 0.15) is 16.8 Å². The molecule has 3 nitrogen and oxygen atoms in total. The van der Waals surface area contributed by atoms with Gasteiger partial charge in [-0.25, -0.2) is 9.97 Å². The maximum Gasteiger partial charge on any atom is 0.134 e. The maximum absolute atomic E-state index is 5.85. The van der Waals surface area contributed by atoms with Crippen LogP contribution < -0.4 is 4.90 Å². The van der Waals surface area contributed by atoms with E-state index in [1.807, 2.05) is 19.0 Å². The summed E-state index contributed by atoms with van der Waals surface area (Å²) in [5.41, 5.74) is 0. The molecular formula is C9H14ClN3. The Hall–Kier alpha value is -0.830. The van der Waals surface area contributed by atoms with Crippen molar-refractivity contribution in [3.63, 3.8) is 0 Å². The lowest BCUT2D eigenvalue weighted by atomic mass is 10.3. The molecule has 0 radical (unpaired) electrons. The highest BCUT2D eigenvalue weighted by atomic mass is 35.5. The summed E-state index contributed by atoms with van der Waals surface area (Å²) in [6, 6.07) is 1.76. The molecule has 0 bridgehead atoms. The first kappa shape index (κ1) is 10.3. The van der Waals surface area contributed by atoms with E-state index >= 15 is 0 Å². The monoisotopic (exact) mass is 199 g/mol. The molecule has 0 spiro atoms. The topological polar surface area (TPSA) is 29.0 Å². The zero-order chi connectivity index (χ0) is 9.84. The van der Waals surface area contributed by atoms with E-state index in [9.17, 15) is 0 Å². The first-order chi connectivity index (χ1) is 6.13. The van der Waals surface area contributed by atoms with Crippen LogP contribution in [0.3, 0.4) is 0 Å². The van der Waals surface area contributed by atoms with Crippen molar-refractivity contribution in [1.29, 1.82) is 0 Å². The fraction of sp³-hybridized carbons (Fsp3) is 0.556. The molecule has 0 saturated heterocycles.